The van der Waals surface area contributed by atoms with Gasteiger partial charge in [0.05, 0.1) is 18.0 Å². The molecule has 1 atom stereocenters. The summed E-state index contributed by atoms with van der Waals surface area (Å²) in [6, 6.07) is 5.17. The second kappa shape index (κ2) is 7.36. The van der Waals surface area contributed by atoms with Crippen molar-refractivity contribution < 1.29 is 19.1 Å². The van der Waals surface area contributed by atoms with Crippen LogP contribution in [0.1, 0.15) is 11.7 Å². The lowest BCUT2D eigenvalue weighted by molar-refractivity contribution is -0.118. The highest BCUT2D eigenvalue weighted by molar-refractivity contribution is 5.88. The Labute approximate surface area is 131 Å². The van der Waals surface area contributed by atoms with Gasteiger partial charge in [0.15, 0.2) is 0 Å². The number of amides is 3. The highest BCUT2D eigenvalue weighted by Gasteiger charge is 2.13. The van der Waals surface area contributed by atoms with Gasteiger partial charge in [-0.25, -0.2) is 9.18 Å². The maximum Gasteiger partial charge on any atom is 0.319 e. The van der Waals surface area contributed by atoms with E-state index >= 15 is 0 Å². The molecule has 1 aromatic carbocycles. The number of aromatic nitrogens is 2. The van der Waals surface area contributed by atoms with E-state index in [0.717, 1.165) is 0 Å². The molecule has 0 unspecified atom stereocenters. The number of carbonyl (C=O) groups excluding carboxylic acids is 2. The summed E-state index contributed by atoms with van der Waals surface area (Å²) in [5.74, 6) is -1.10. The minimum absolute atomic E-state index is 0.0991. The number of nitrogens with two attached hydrogens (primary N) is 1. The number of hydrogen-bond acceptors (Lipinski definition) is 4. The fourth-order valence-electron chi connectivity index (χ4n) is 1.89. The van der Waals surface area contributed by atoms with Gasteiger partial charge in [-0.05, 0) is 6.07 Å². The van der Waals surface area contributed by atoms with Crippen molar-refractivity contribution in [2.24, 2.45) is 5.73 Å². The van der Waals surface area contributed by atoms with Crippen LogP contribution < -0.4 is 16.4 Å². The number of anilines is 1. The first-order chi connectivity index (χ1) is 11.0. The summed E-state index contributed by atoms with van der Waals surface area (Å²) in [6.45, 7) is -0.266. The molecule has 23 heavy (non-hydrogen) atoms. The molecule has 5 N–H and O–H groups in total. The number of primary amides is 1. The summed E-state index contributed by atoms with van der Waals surface area (Å²) in [5, 5.41) is 18.6. The van der Waals surface area contributed by atoms with E-state index in [1.54, 1.807) is 6.07 Å². The summed E-state index contributed by atoms with van der Waals surface area (Å²) >= 11 is 0. The Hall–Kier alpha value is -2.94. The molecular formula is C14H16FN5O3. The third-order valence-corrected chi connectivity index (χ3v) is 2.93. The first kappa shape index (κ1) is 16.4. The topological polar surface area (TPSA) is 122 Å². The van der Waals surface area contributed by atoms with E-state index in [-0.39, 0.29) is 18.7 Å². The third kappa shape index (κ3) is 4.78. The number of aliphatic hydroxyl groups is 1. The van der Waals surface area contributed by atoms with E-state index in [1.165, 1.54) is 35.3 Å². The van der Waals surface area contributed by atoms with Gasteiger partial charge in [-0.2, -0.15) is 5.10 Å². The van der Waals surface area contributed by atoms with Gasteiger partial charge in [0, 0.05) is 18.3 Å². The molecule has 1 aromatic heterocycles. The SMILES string of the molecule is NC(=O)Cn1cc(NC(=O)NC[C@H](O)c2ccccc2F)cn1. The molecule has 0 spiro atoms. The number of halogens is 1. The Morgan fingerprint density at radius 2 is 2.13 bits per heavy atom. The minimum Gasteiger partial charge on any atom is -0.386 e. The standard InChI is InChI=1S/C14H16FN5O3/c15-11-4-2-1-3-10(11)12(21)6-17-14(23)19-9-5-18-20(7-9)8-13(16)22/h1-5,7,12,21H,6,8H2,(H2,16,22)(H2,17,19,23)/t12-/m0/s1. The number of nitrogens with one attached hydrogen (secondary N) is 2. The summed E-state index contributed by atoms with van der Waals surface area (Å²) < 4.78 is 14.8. The maximum atomic E-state index is 13.5. The van der Waals surface area contributed by atoms with Crippen LogP contribution in [-0.2, 0) is 11.3 Å². The minimum atomic E-state index is -1.17. The number of hydrogen-bond donors (Lipinski definition) is 4. The zero-order chi connectivity index (χ0) is 16.8. The van der Waals surface area contributed by atoms with Crippen molar-refractivity contribution >= 4 is 17.6 Å². The van der Waals surface area contributed by atoms with E-state index in [9.17, 15) is 19.1 Å². The van der Waals surface area contributed by atoms with Crippen molar-refractivity contribution in [3.8, 4) is 0 Å². The van der Waals surface area contributed by atoms with Crippen LogP contribution in [0.3, 0.4) is 0 Å². The van der Waals surface area contributed by atoms with Crippen molar-refractivity contribution in [1.29, 1.82) is 0 Å². The van der Waals surface area contributed by atoms with Gasteiger partial charge in [-0.1, -0.05) is 18.2 Å². The molecule has 0 radical (unpaired) electrons. The summed E-state index contributed by atoms with van der Waals surface area (Å²) in [5.41, 5.74) is 5.48. The molecule has 2 rings (SSSR count). The van der Waals surface area contributed by atoms with Crippen LogP contribution in [0.4, 0.5) is 14.9 Å². The van der Waals surface area contributed by atoms with E-state index in [0.29, 0.717) is 5.69 Å². The molecule has 0 bridgehead atoms. The van der Waals surface area contributed by atoms with Crippen molar-refractivity contribution in [2.45, 2.75) is 12.6 Å². The first-order valence-corrected chi connectivity index (χ1v) is 6.74. The number of carbonyl (C=O) groups is 2. The molecule has 3 amide bonds. The predicted octanol–water partition coefficient (Wildman–Crippen LogP) is 0.363. The first-order valence-electron chi connectivity index (χ1n) is 6.74. The molecule has 8 nitrogen and oxygen atoms in total. The maximum absolute atomic E-state index is 13.5. The van der Waals surface area contributed by atoms with Crippen molar-refractivity contribution in [2.75, 3.05) is 11.9 Å². The van der Waals surface area contributed by atoms with E-state index in [1.807, 2.05) is 0 Å². The average Bonchev–Trinajstić information content (AvgIpc) is 2.91. The van der Waals surface area contributed by atoms with E-state index in [2.05, 4.69) is 15.7 Å². The number of nitrogens with zero attached hydrogens (tertiary/aromatic N) is 2. The molecule has 0 fully saturated rings. The number of rotatable bonds is 6. The summed E-state index contributed by atoms with van der Waals surface area (Å²) in [7, 11) is 0. The van der Waals surface area contributed by atoms with Gasteiger partial charge < -0.3 is 21.5 Å². The quantitative estimate of drug-likeness (QED) is 0.613. The molecule has 0 saturated heterocycles. The Kier molecular flexibility index (Phi) is 5.26. The zero-order valence-electron chi connectivity index (χ0n) is 12.1. The Morgan fingerprint density at radius 3 is 2.83 bits per heavy atom. The lowest BCUT2D eigenvalue weighted by Gasteiger charge is -2.13. The van der Waals surface area contributed by atoms with Gasteiger partial charge in [-0.3, -0.25) is 9.48 Å². The third-order valence-electron chi connectivity index (χ3n) is 2.93. The van der Waals surface area contributed by atoms with Crippen molar-refractivity contribution in [3.05, 3.63) is 48.0 Å². The average molecular weight is 321 g/mol. The Balaban J connectivity index is 1.84. The molecule has 0 aliphatic heterocycles. The molecule has 0 aliphatic carbocycles. The lowest BCUT2D eigenvalue weighted by atomic mass is 10.1. The van der Waals surface area contributed by atoms with Crippen molar-refractivity contribution in [1.82, 2.24) is 15.1 Å². The predicted molar refractivity (Wildman–Crippen MR) is 79.8 cm³/mol. The fourth-order valence-corrected chi connectivity index (χ4v) is 1.89. The molecule has 9 heteroatoms. The van der Waals surface area contributed by atoms with Crippen LogP contribution in [0.25, 0.3) is 0 Å². The fraction of sp³-hybridized carbons (Fsp3) is 0.214. The molecule has 0 aliphatic rings. The normalized spacial score (nSPS) is 11.7. The van der Waals surface area contributed by atoms with Gasteiger partial charge in [0.25, 0.3) is 0 Å². The van der Waals surface area contributed by atoms with Gasteiger partial charge in [0.1, 0.15) is 12.4 Å². The monoisotopic (exact) mass is 321 g/mol. The number of aliphatic hydroxyl groups excluding tert-OH is 1. The summed E-state index contributed by atoms with van der Waals surface area (Å²) in [4.78, 5) is 22.5. The Morgan fingerprint density at radius 1 is 1.39 bits per heavy atom. The molecule has 1 heterocycles. The highest BCUT2D eigenvalue weighted by Crippen LogP contribution is 2.15. The Bertz CT molecular complexity index is 703. The molecule has 122 valence electrons. The summed E-state index contributed by atoms with van der Waals surface area (Å²) in [6.07, 6.45) is 1.60. The smallest absolute Gasteiger partial charge is 0.319 e. The number of urea groups is 1. The van der Waals surface area contributed by atoms with Crippen molar-refractivity contribution in [3.63, 3.8) is 0 Å². The van der Waals surface area contributed by atoms with Crippen LogP contribution >= 0.6 is 0 Å². The van der Waals surface area contributed by atoms with Gasteiger partial charge in [0.2, 0.25) is 5.91 Å². The molecule has 2 aromatic rings. The van der Waals surface area contributed by atoms with Gasteiger partial charge >= 0.3 is 6.03 Å². The second-order valence-electron chi connectivity index (χ2n) is 4.77. The number of benzene rings is 1. The molecule has 0 saturated carbocycles. The lowest BCUT2D eigenvalue weighted by Crippen LogP contribution is -2.32. The second-order valence-corrected chi connectivity index (χ2v) is 4.77. The van der Waals surface area contributed by atoms with Gasteiger partial charge in [-0.15, -0.1) is 0 Å². The van der Waals surface area contributed by atoms with Crippen LogP contribution in [0.15, 0.2) is 36.7 Å². The highest BCUT2D eigenvalue weighted by atomic mass is 19.1. The van der Waals surface area contributed by atoms with Crippen LogP contribution in [-0.4, -0.2) is 33.4 Å². The van der Waals surface area contributed by atoms with Crippen LogP contribution in [0.2, 0.25) is 0 Å². The zero-order valence-corrected chi connectivity index (χ0v) is 12.1. The van der Waals surface area contributed by atoms with Crippen LogP contribution in [0.5, 0.6) is 0 Å². The largest absolute Gasteiger partial charge is 0.386 e. The van der Waals surface area contributed by atoms with E-state index < -0.39 is 23.9 Å². The van der Waals surface area contributed by atoms with Crippen LogP contribution in [0, 0.1) is 5.82 Å². The van der Waals surface area contributed by atoms with E-state index in [4.69, 9.17) is 5.73 Å². The molecular weight excluding hydrogens is 305 g/mol.